The molecule has 0 aliphatic carbocycles. The number of carboxylic acids is 1. The summed E-state index contributed by atoms with van der Waals surface area (Å²) in [6.07, 6.45) is 0.0516. The molecule has 0 atom stereocenters. The maximum absolute atomic E-state index is 10.8. The Morgan fingerprint density at radius 2 is 1.85 bits per heavy atom. The number of carbonyl (C=O) groups is 1. The second-order valence-corrected chi connectivity index (χ2v) is 6.84. The number of ether oxygens (including phenoxy) is 1. The third-order valence-corrected chi connectivity index (χ3v) is 4.80. The van der Waals surface area contributed by atoms with Crippen LogP contribution in [0.5, 0.6) is 5.75 Å². The molecule has 0 saturated carbocycles. The molecule has 26 heavy (non-hydrogen) atoms. The van der Waals surface area contributed by atoms with E-state index in [1.807, 2.05) is 41.0 Å². The Labute approximate surface area is 159 Å². The summed E-state index contributed by atoms with van der Waals surface area (Å²) in [5, 5.41) is 18.7. The maximum atomic E-state index is 10.8. The highest BCUT2D eigenvalue weighted by molar-refractivity contribution is 7.99. The normalized spacial score (nSPS) is 10.7. The summed E-state index contributed by atoms with van der Waals surface area (Å²) in [5.41, 5.74) is 1.72. The molecule has 8 heteroatoms. The van der Waals surface area contributed by atoms with Gasteiger partial charge >= 0.3 is 5.97 Å². The van der Waals surface area contributed by atoms with Gasteiger partial charge in [0, 0.05) is 22.0 Å². The van der Waals surface area contributed by atoms with E-state index < -0.39 is 5.97 Å². The van der Waals surface area contributed by atoms with Gasteiger partial charge in [-0.3, -0.25) is 9.36 Å². The minimum atomic E-state index is -0.842. The summed E-state index contributed by atoms with van der Waals surface area (Å²) < 4.78 is 7.09. The molecule has 0 spiro atoms. The van der Waals surface area contributed by atoms with Gasteiger partial charge in [-0.1, -0.05) is 23.4 Å². The highest BCUT2D eigenvalue weighted by Gasteiger charge is 2.16. The van der Waals surface area contributed by atoms with Gasteiger partial charge in [0.05, 0.1) is 13.5 Å². The molecule has 1 aromatic heterocycles. The van der Waals surface area contributed by atoms with E-state index in [-0.39, 0.29) is 6.42 Å². The molecule has 0 amide bonds. The maximum Gasteiger partial charge on any atom is 0.304 e. The van der Waals surface area contributed by atoms with Gasteiger partial charge in [-0.25, -0.2) is 0 Å². The van der Waals surface area contributed by atoms with Crippen LogP contribution in [0.1, 0.15) is 6.42 Å². The SMILES string of the molecule is COc1ccc(-c2nnc(SCCC(=O)O)n2-c2ccc(Cl)cc2)cc1. The molecule has 3 aromatic rings. The molecule has 0 fully saturated rings. The van der Waals surface area contributed by atoms with Crippen LogP contribution in [0.4, 0.5) is 0 Å². The van der Waals surface area contributed by atoms with Crippen molar-refractivity contribution in [2.24, 2.45) is 0 Å². The number of hydrogen-bond acceptors (Lipinski definition) is 5. The Kier molecular flexibility index (Phi) is 5.80. The van der Waals surface area contributed by atoms with E-state index in [2.05, 4.69) is 10.2 Å². The number of aromatic nitrogens is 3. The van der Waals surface area contributed by atoms with E-state index in [0.29, 0.717) is 21.8 Å². The third kappa shape index (κ3) is 4.17. The lowest BCUT2D eigenvalue weighted by Gasteiger charge is -2.10. The van der Waals surface area contributed by atoms with E-state index >= 15 is 0 Å². The fraction of sp³-hybridized carbons (Fsp3) is 0.167. The van der Waals surface area contributed by atoms with Gasteiger partial charge in [0.1, 0.15) is 5.75 Å². The van der Waals surface area contributed by atoms with Crippen LogP contribution in [0.3, 0.4) is 0 Å². The molecule has 0 radical (unpaired) electrons. The van der Waals surface area contributed by atoms with Gasteiger partial charge in [-0.2, -0.15) is 0 Å². The number of methoxy groups -OCH3 is 1. The topological polar surface area (TPSA) is 77.2 Å². The van der Waals surface area contributed by atoms with Gasteiger partial charge < -0.3 is 9.84 Å². The Balaban J connectivity index is 2.01. The molecule has 0 bridgehead atoms. The van der Waals surface area contributed by atoms with Gasteiger partial charge in [0.15, 0.2) is 11.0 Å². The largest absolute Gasteiger partial charge is 0.497 e. The first-order chi connectivity index (χ1) is 12.6. The molecule has 1 heterocycles. The van der Waals surface area contributed by atoms with Crippen LogP contribution in [-0.2, 0) is 4.79 Å². The molecule has 0 aliphatic heterocycles. The highest BCUT2D eigenvalue weighted by Crippen LogP contribution is 2.29. The van der Waals surface area contributed by atoms with Crippen LogP contribution in [0.2, 0.25) is 5.02 Å². The van der Waals surface area contributed by atoms with Gasteiger partial charge in [-0.05, 0) is 48.5 Å². The molecule has 3 rings (SSSR count). The lowest BCUT2D eigenvalue weighted by molar-refractivity contribution is -0.136. The number of carboxylic acid groups (broad SMARTS) is 1. The van der Waals surface area contributed by atoms with Crippen molar-refractivity contribution in [3.05, 3.63) is 53.6 Å². The first-order valence-corrected chi connectivity index (χ1v) is 9.15. The average Bonchev–Trinajstić information content (AvgIpc) is 3.06. The second-order valence-electron chi connectivity index (χ2n) is 5.34. The van der Waals surface area contributed by atoms with Crippen LogP contribution in [0.25, 0.3) is 17.1 Å². The number of aliphatic carboxylic acids is 1. The van der Waals surface area contributed by atoms with E-state index in [0.717, 1.165) is 17.0 Å². The molecular formula is C18H16ClN3O3S. The summed E-state index contributed by atoms with van der Waals surface area (Å²) in [5.74, 6) is 0.976. The highest BCUT2D eigenvalue weighted by atomic mass is 35.5. The minimum absolute atomic E-state index is 0.0516. The van der Waals surface area contributed by atoms with Gasteiger partial charge in [-0.15, -0.1) is 10.2 Å². The molecule has 0 unspecified atom stereocenters. The van der Waals surface area contributed by atoms with Crippen molar-refractivity contribution in [2.75, 3.05) is 12.9 Å². The Morgan fingerprint density at radius 1 is 1.15 bits per heavy atom. The number of benzene rings is 2. The van der Waals surface area contributed by atoms with Crippen LogP contribution in [0.15, 0.2) is 53.7 Å². The first kappa shape index (κ1) is 18.3. The molecule has 2 aromatic carbocycles. The smallest absolute Gasteiger partial charge is 0.304 e. The summed E-state index contributed by atoms with van der Waals surface area (Å²) in [6.45, 7) is 0. The van der Waals surface area contributed by atoms with Gasteiger partial charge in [0.2, 0.25) is 0 Å². The molecule has 134 valence electrons. The quantitative estimate of drug-likeness (QED) is 0.611. The number of hydrogen-bond donors (Lipinski definition) is 1. The second kappa shape index (κ2) is 8.25. The first-order valence-electron chi connectivity index (χ1n) is 7.79. The summed E-state index contributed by atoms with van der Waals surface area (Å²) in [7, 11) is 1.61. The van der Waals surface area contributed by atoms with Crippen LogP contribution in [-0.4, -0.2) is 38.7 Å². The molecular weight excluding hydrogens is 374 g/mol. The number of nitrogens with zero attached hydrogens (tertiary/aromatic N) is 3. The molecule has 6 nitrogen and oxygen atoms in total. The Bertz CT molecular complexity index is 895. The van der Waals surface area contributed by atoms with Crippen molar-refractivity contribution in [1.82, 2.24) is 14.8 Å². The third-order valence-electron chi connectivity index (χ3n) is 3.61. The van der Waals surface area contributed by atoms with Crippen LogP contribution in [0, 0.1) is 0 Å². The zero-order valence-electron chi connectivity index (χ0n) is 13.9. The van der Waals surface area contributed by atoms with E-state index in [4.69, 9.17) is 21.4 Å². The van der Waals surface area contributed by atoms with Crippen LogP contribution >= 0.6 is 23.4 Å². The molecule has 0 aliphatic rings. The van der Waals surface area contributed by atoms with Crippen molar-refractivity contribution in [1.29, 1.82) is 0 Å². The van der Waals surface area contributed by atoms with Crippen LogP contribution < -0.4 is 4.74 Å². The fourth-order valence-electron chi connectivity index (χ4n) is 2.34. The van der Waals surface area contributed by atoms with E-state index in [1.165, 1.54) is 11.8 Å². The summed E-state index contributed by atoms with van der Waals surface area (Å²) in [4.78, 5) is 10.8. The van der Waals surface area contributed by atoms with E-state index in [1.54, 1.807) is 19.2 Å². The molecule has 1 N–H and O–H groups in total. The predicted octanol–water partition coefficient (Wildman–Crippen LogP) is 4.16. The Hall–Kier alpha value is -2.51. The lowest BCUT2D eigenvalue weighted by Crippen LogP contribution is -2.01. The number of thioether (sulfide) groups is 1. The van der Waals surface area contributed by atoms with Crippen molar-refractivity contribution in [3.63, 3.8) is 0 Å². The fourth-order valence-corrected chi connectivity index (χ4v) is 3.35. The van der Waals surface area contributed by atoms with Gasteiger partial charge in [0.25, 0.3) is 0 Å². The number of halogens is 1. The van der Waals surface area contributed by atoms with E-state index in [9.17, 15) is 4.79 Å². The predicted molar refractivity (Wildman–Crippen MR) is 101 cm³/mol. The van der Waals surface area contributed by atoms with Crippen molar-refractivity contribution < 1.29 is 14.6 Å². The number of rotatable bonds is 7. The zero-order valence-corrected chi connectivity index (χ0v) is 15.5. The average molecular weight is 390 g/mol. The lowest BCUT2D eigenvalue weighted by atomic mass is 10.2. The summed E-state index contributed by atoms with van der Waals surface area (Å²) >= 11 is 7.35. The van der Waals surface area contributed by atoms with Crippen molar-refractivity contribution >= 4 is 29.3 Å². The van der Waals surface area contributed by atoms with Crippen molar-refractivity contribution in [3.8, 4) is 22.8 Å². The Morgan fingerprint density at radius 3 is 2.46 bits per heavy atom. The zero-order chi connectivity index (χ0) is 18.5. The van der Waals surface area contributed by atoms with Crippen molar-refractivity contribution in [2.45, 2.75) is 11.6 Å². The molecule has 0 saturated heterocycles. The minimum Gasteiger partial charge on any atom is -0.497 e. The monoisotopic (exact) mass is 389 g/mol. The summed E-state index contributed by atoms with van der Waals surface area (Å²) in [6, 6.07) is 14.9. The standard InChI is InChI=1S/C18H16ClN3O3S/c1-25-15-8-2-12(3-9-15)17-20-21-18(26-11-10-16(23)24)22(17)14-6-4-13(19)5-7-14/h2-9H,10-11H2,1H3,(H,23,24).